The molecule has 4 rings (SSSR count). The summed E-state index contributed by atoms with van der Waals surface area (Å²) in [4.78, 5) is 14.2. The van der Waals surface area contributed by atoms with Crippen molar-refractivity contribution in [3.63, 3.8) is 0 Å². The summed E-state index contributed by atoms with van der Waals surface area (Å²) >= 11 is 0. The van der Waals surface area contributed by atoms with E-state index >= 15 is 0 Å². The number of nitrogens with zero attached hydrogens (tertiary/aromatic N) is 2. The van der Waals surface area contributed by atoms with Gasteiger partial charge in [0.15, 0.2) is 5.71 Å². The fourth-order valence-electron chi connectivity index (χ4n) is 3.29. The van der Waals surface area contributed by atoms with Crippen LogP contribution in [0.2, 0.25) is 0 Å². The Balaban J connectivity index is 2.01. The average molecular weight is 297 g/mol. The molecule has 6 nitrogen and oxygen atoms in total. The number of nitrogens with one attached hydrogen (secondary N) is 1. The van der Waals surface area contributed by atoms with Gasteiger partial charge in [0.25, 0.3) is 5.91 Å². The van der Waals surface area contributed by atoms with Crippen molar-refractivity contribution in [2.75, 3.05) is 18.9 Å². The molecular formula is C16H15N3O3. The third kappa shape index (κ3) is 1.77. The summed E-state index contributed by atoms with van der Waals surface area (Å²) in [5.74, 6) is -0.364. The molecule has 1 aromatic carbocycles. The van der Waals surface area contributed by atoms with Crippen LogP contribution in [0.3, 0.4) is 0 Å². The van der Waals surface area contributed by atoms with Crippen LogP contribution in [0.25, 0.3) is 11.1 Å². The van der Waals surface area contributed by atoms with Gasteiger partial charge >= 0.3 is 0 Å². The molecule has 0 atom stereocenters. The second-order valence-corrected chi connectivity index (χ2v) is 5.71. The first-order valence-electron chi connectivity index (χ1n) is 7.12. The average Bonchev–Trinajstić information content (AvgIpc) is 3.13. The van der Waals surface area contributed by atoms with Crippen molar-refractivity contribution in [2.24, 2.45) is 5.16 Å². The first-order valence-corrected chi connectivity index (χ1v) is 7.12. The van der Waals surface area contributed by atoms with Crippen molar-refractivity contribution in [1.82, 2.24) is 4.90 Å². The first kappa shape index (κ1) is 13.1. The summed E-state index contributed by atoms with van der Waals surface area (Å²) in [5, 5.41) is 15.2. The predicted octanol–water partition coefficient (Wildman–Crippen LogP) is 2.06. The molecule has 1 aromatic heterocycles. The summed E-state index contributed by atoms with van der Waals surface area (Å²) in [6.45, 7) is 1.72. The van der Waals surface area contributed by atoms with E-state index < -0.39 is 0 Å². The highest BCUT2D eigenvalue weighted by Crippen LogP contribution is 2.40. The first-order chi connectivity index (χ1) is 10.7. The molecule has 0 unspecified atom stereocenters. The summed E-state index contributed by atoms with van der Waals surface area (Å²) < 4.78 is 5.20. The molecule has 1 amide bonds. The monoisotopic (exact) mass is 297 g/mol. The number of hydrogen-bond acceptors (Lipinski definition) is 5. The summed E-state index contributed by atoms with van der Waals surface area (Å²) in [6.07, 6.45) is 4.23. The van der Waals surface area contributed by atoms with Crippen molar-refractivity contribution in [1.29, 1.82) is 0 Å². The molecule has 2 aliphatic rings. The lowest BCUT2D eigenvalue weighted by atomic mass is 9.88. The minimum Gasteiger partial charge on any atom is -0.472 e. The third-order valence-corrected chi connectivity index (χ3v) is 4.36. The third-order valence-electron chi connectivity index (χ3n) is 4.36. The van der Waals surface area contributed by atoms with E-state index in [2.05, 4.69) is 22.4 Å². The van der Waals surface area contributed by atoms with E-state index in [1.807, 2.05) is 12.1 Å². The molecule has 0 saturated carbocycles. The Hall–Kier alpha value is -2.60. The SMILES string of the molecule is CN1CCc2c(-c3ccoc3)cc3c(c2C1)NC(=O)/C3=N/O. The molecule has 0 saturated heterocycles. The van der Waals surface area contributed by atoms with Gasteiger partial charge in [-0.05, 0) is 42.3 Å². The zero-order chi connectivity index (χ0) is 15.3. The Labute approximate surface area is 127 Å². The maximum absolute atomic E-state index is 12.0. The van der Waals surface area contributed by atoms with Crippen LogP contribution in [0.15, 0.2) is 34.2 Å². The van der Waals surface area contributed by atoms with Gasteiger partial charge in [0.2, 0.25) is 0 Å². The zero-order valence-electron chi connectivity index (χ0n) is 12.1. The minimum atomic E-state index is -0.364. The maximum atomic E-state index is 12.0. The molecule has 3 heterocycles. The van der Waals surface area contributed by atoms with E-state index in [-0.39, 0.29) is 11.6 Å². The summed E-state index contributed by atoms with van der Waals surface area (Å²) in [5.41, 5.74) is 5.81. The second kappa shape index (κ2) is 4.71. The van der Waals surface area contributed by atoms with Crippen molar-refractivity contribution in [2.45, 2.75) is 13.0 Å². The van der Waals surface area contributed by atoms with Crippen LogP contribution in [0.5, 0.6) is 0 Å². The van der Waals surface area contributed by atoms with E-state index in [0.29, 0.717) is 5.56 Å². The van der Waals surface area contributed by atoms with E-state index in [4.69, 9.17) is 9.62 Å². The van der Waals surface area contributed by atoms with Gasteiger partial charge in [0, 0.05) is 24.2 Å². The Bertz CT molecular complexity index is 793. The Morgan fingerprint density at radius 1 is 1.36 bits per heavy atom. The van der Waals surface area contributed by atoms with Crippen LogP contribution in [-0.2, 0) is 17.8 Å². The number of likely N-dealkylation sites (N-methyl/N-ethyl adjacent to an activating group) is 1. The van der Waals surface area contributed by atoms with Gasteiger partial charge in [0.1, 0.15) is 0 Å². The van der Waals surface area contributed by atoms with Gasteiger partial charge in [-0.3, -0.25) is 4.79 Å². The number of hydrogen-bond donors (Lipinski definition) is 2. The molecule has 0 radical (unpaired) electrons. The molecule has 22 heavy (non-hydrogen) atoms. The highest BCUT2D eigenvalue weighted by molar-refractivity contribution is 6.54. The van der Waals surface area contributed by atoms with Gasteiger partial charge in [-0.25, -0.2) is 0 Å². The molecule has 6 heteroatoms. The van der Waals surface area contributed by atoms with Crippen molar-refractivity contribution < 1.29 is 14.4 Å². The molecule has 2 aliphatic heterocycles. The van der Waals surface area contributed by atoms with Crippen LogP contribution in [0.1, 0.15) is 16.7 Å². The Morgan fingerprint density at radius 3 is 2.95 bits per heavy atom. The van der Waals surface area contributed by atoms with E-state index in [1.54, 1.807) is 12.5 Å². The highest BCUT2D eigenvalue weighted by Gasteiger charge is 2.33. The van der Waals surface area contributed by atoms with Gasteiger partial charge in [0.05, 0.1) is 18.2 Å². The number of benzene rings is 1. The number of carbonyl (C=O) groups excluding carboxylic acids is 1. The number of oxime groups is 1. The smallest absolute Gasteiger partial charge is 0.278 e. The lowest BCUT2D eigenvalue weighted by molar-refractivity contribution is -0.110. The summed E-state index contributed by atoms with van der Waals surface area (Å²) in [6, 6.07) is 3.82. The molecule has 0 spiro atoms. The van der Waals surface area contributed by atoms with Crippen molar-refractivity contribution >= 4 is 17.3 Å². The molecule has 2 aromatic rings. The Morgan fingerprint density at radius 2 is 2.23 bits per heavy atom. The molecule has 0 fully saturated rings. The van der Waals surface area contributed by atoms with Crippen molar-refractivity contribution in [3.8, 4) is 11.1 Å². The molecular weight excluding hydrogens is 282 g/mol. The standard InChI is InChI=1S/C16H15N3O3/c1-19-4-2-10-11(9-3-5-22-8-9)6-12-14(13(10)7-19)17-16(20)15(12)18-21/h3,5-6,8,21H,2,4,7H2,1H3,(H,17,18,20). The van der Waals surface area contributed by atoms with Crippen LogP contribution in [-0.4, -0.2) is 35.3 Å². The fourth-order valence-corrected chi connectivity index (χ4v) is 3.29. The van der Waals surface area contributed by atoms with Crippen molar-refractivity contribution in [3.05, 3.63) is 41.3 Å². The topological polar surface area (TPSA) is 78.1 Å². The molecule has 112 valence electrons. The minimum absolute atomic E-state index is 0.0655. The number of amides is 1. The van der Waals surface area contributed by atoms with Crippen LogP contribution >= 0.6 is 0 Å². The van der Waals surface area contributed by atoms with E-state index in [0.717, 1.165) is 41.9 Å². The lowest BCUT2D eigenvalue weighted by Crippen LogP contribution is -2.27. The van der Waals surface area contributed by atoms with Crippen LogP contribution in [0.4, 0.5) is 5.69 Å². The number of furan rings is 1. The molecule has 0 aliphatic carbocycles. The van der Waals surface area contributed by atoms with Gasteiger partial charge < -0.3 is 19.8 Å². The van der Waals surface area contributed by atoms with Gasteiger partial charge in [-0.15, -0.1) is 0 Å². The summed E-state index contributed by atoms with van der Waals surface area (Å²) in [7, 11) is 2.05. The van der Waals surface area contributed by atoms with E-state index in [1.165, 1.54) is 5.56 Å². The lowest BCUT2D eigenvalue weighted by Gasteiger charge is -2.28. The maximum Gasteiger partial charge on any atom is 0.278 e. The van der Waals surface area contributed by atoms with Crippen LogP contribution < -0.4 is 5.32 Å². The normalized spacial score (nSPS) is 19.1. The molecule has 2 N–H and O–H groups in total. The van der Waals surface area contributed by atoms with E-state index in [9.17, 15) is 4.79 Å². The number of rotatable bonds is 1. The van der Waals surface area contributed by atoms with Crippen LogP contribution in [0, 0.1) is 0 Å². The number of carbonyl (C=O) groups is 1. The number of anilines is 1. The molecule has 0 bridgehead atoms. The zero-order valence-corrected chi connectivity index (χ0v) is 12.1. The predicted molar refractivity (Wildman–Crippen MR) is 81.1 cm³/mol. The van der Waals surface area contributed by atoms with Gasteiger partial charge in [-0.2, -0.15) is 0 Å². The largest absolute Gasteiger partial charge is 0.472 e. The number of fused-ring (bicyclic) bond motifs is 3. The van der Waals surface area contributed by atoms with Gasteiger partial charge in [-0.1, -0.05) is 5.16 Å². The quantitative estimate of drug-likeness (QED) is 0.624. The Kier molecular flexibility index (Phi) is 2.80. The second-order valence-electron chi connectivity index (χ2n) is 5.71. The highest BCUT2D eigenvalue weighted by atomic mass is 16.4. The fraction of sp³-hybridized carbons (Fsp3) is 0.250.